The van der Waals surface area contributed by atoms with E-state index in [0.717, 1.165) is 25.7 Å². The minimum absolute atomic E-state index is 0.140. The van der Waals surface area contributed by atoms with Gasteiger partial charge in [-0.25, -0.2) is 4.98 Å². The number of carbonyl (C=O) groups excluding carboxylic acids is 1. The van der Waals surface area contributed by atoms with E-state index in [1.807, 2.05) is 17.8 Å². The maximum Gasteiger partial charge on any atom is 0.230 e. The first-order chi connectivity index (χ1) is 12.2. The zero-order valence-corrected chi connectivity index (χ0v) is 15.3. The smallest absolute Gasteiger partial charge is 0.230 e. The van der Waals surface area contributed by atoms with Crippen molar-refractivity contribution >= 4 is 17.7 Å². The van der Waals surface area contributed by atoms with Crippen LogP contribution in [-0.4, -0.2) is 34.0 Å². The number of ether oxygens (including phenoxy) is 1. The van der Waals surface area contributed by atoms with Crippen LogP contribution in [-0.2, 0) is 4.79 Å². The predicted octanol–water partition coefficient (Wildman–Crippen LogP) is 3.44. The molecule has 1 aromatic rings. The van der Waals surface area contributed by atoms with Gasteiger partial charge in [0.1, 0.15) is 12.2 Å². The summed E-state index contributed by atoms with van der Waals surface area (Å²) in [6.07, 6.45) is 10.6. The Morgan fingerprint density at radius 1 is 1.24 bits per heavy atom. The van der Waals surface area contributed by atoms with Crippen LogP contribution in [0.4, 0.5) is 0 Å². The molecule has 1 N–H and O–H groups in total. The molecule has 3 rings (SSSR count). The van der Waals surface area contributed by atoms with E-state index in [1.54, 1.807) is 12.1 Å². The molecule has 0 bridgehead atoms. The van der Waals surface area contributed by atoms with E-state index in [2.05, 4.69) is 10.3 Å². The summed E-state index contributed by atoms with van der Waals surface area (Å²) in [6.45, 7) is 0. The van der Waals surface area contributed by atoms with Gasteiger partial charge in [0.15, 0.2) is 0 Å². The molecule has 1 heterocycles. The molecule has 0 aliphatic heterocycles. The number of hydrogen-bond donors (Lipinski definition) is 1. The standard InChI is InChI=1S/C19H25N3O2S/c20-11-14-5-10-19(21-12-14)24-16-8-6-15(7-9-16)22-18(23)13-25-17-3-1-2-4-17/h5,10,12,15-17H,1-4,6-9,13H2,(H,22,23). The molecule has 25 heavy (non-hydrogen) atoms. The summed E-state index contributed by atoms with van der Waals surface area (Å²) >= 11 is 1.82. The Hall–Kier alpha value is -1.74. The highest BCUT2D eigenvalue weighted by Gasteiger charge is 2.24. The first kappa shape index (κ1) is 18.1. The molecule has 0 radical (unpaired) electrons. The number of thioether (sulfide) groups is 1. The second-order valence-electron chi connectivity index (χ2n) is 6.87. The maximum atomic E-state index is 12.1. The SMILES string of the molecule is N#Cc1ccc(OC2CCC(NC(=O)CSC3CCCC3)CC2)nc1. The summed E-state index contributed by atoms with van der Waals surface area (Å²) < 4.78 is 5.89. The molecular weight excluding hydrogens is 334 g/mol. The molecule has 0 spiro atoms. The van der Waals surface area contributed by atoms with E-state index in [4.69, 9.17) is 10.00 Å². The molecule has 134 valence electrons. The summed E-state index contributed by atoms with van der Waals surface area (Å²) in [5.74, 6) is 1.34. The van der Waals surface area contributed by atoms with Gasteiger partial charge in [-0.15, -0.1) is 11.8 Å². The Balaban J connectivity index is 1.35. The molecule has 2 aliphatic rings. The summed E-state index contributed by atoms with van der Waals surface area (Å²) in [5.41, 5.74) is 0.536. The van der Waals surface area contributed by atoms with Crippen molar-refractivity contribution in [2.75, 3.05) is 5.75 Å². The summed E-state index contributed by atoms with van der Waals surface area (Å²) in [4.78, 5) is 16.3. The summed E-state index contributed by atoms with van der Waals surface area (Å²) in [5, 5.41) is 12.6. The average Bonchev–Trinajstić information content (AvgIpc) is 3.16. The van der Waals surface area contributed by atoms with Crippen LogP contribution >= 0.6 is 11.8 Å². The normalized spacial score (nSPS) is 23.8. The molecule has 2 aliphatic carbocycles. The van der Waals surface area contributed by atoms with Gasteiger partial charge in [0.2, 0.25) is 11.8 Å². The third-order valence-corrected chi connectivity index (χ3v) is 6.32. The molecule has 0 aromatic carbocycles. The van der Waals surface area contributed by atoms with Crippen molar-refractivity contribution < 1.29 is 9.53 Å². The van der Waals surface area contributed by atoms with Crippen LogP contribution in [0.25, 0.3) is 0 Å². The van der Waals surface area contributed by atoms with E-state index in [1.165, 1.54) is 31.9 Å². The lowest BCUT2D eigenvalue weighted by Gasteiger charge is -2.29. The van der Waals surface area contributed by atoms with Gasteiger partial charge < -0.3 is 10.1 Å². The number of nitrogens with zero attached hydrogens (tertiary/aromatic N) is 2. The predicted molar refractivity (Wildman–Crippen MR) is 98.5 cm³/mol. The fraction of sp³-hybridized carbons (Fsp3) is 0.632. The summed E-state index contributed by atoms with van der Waals surface area (Å²) in [7, 11) is 0. The van der Waals surface area contributed by atoms with Crippen LogP contribution in [0.2, 0.25) is 0 Å². The number of aromatic nitrogens is 1. The number of carbonyl (C=O) groups is 1. The number of amides is 1. The van der Waals surface area contributed by atoms with E-state index >= 15 is 0 Å². The second kappa shape index (κ2) is 9.10. The van der Waals surface area contributed by atoms with Gasteiger partial charge in [-0.1, -0.05) is 12.8 Å². The van der Waals surface area contributed by atoms with Crippen molar-refractivity contribution in [1.82, 2.24) is 10.3 Å². The molecule has 0 saturated heterocycles. The number of pyridine rings is 1. The van der Waals surface area contributed by atoms with Gasteiger partial charge in [0, 0.05) is 23.6 Å². The number of rotatable bonds is 6. The Morgan fingerprint density at radius 3 is 2.64 bits per heavy atom. The van der Waals surface area contributed by atoms with Crippen molar-refractivity contribution in [2.24, 2.45) is 0 Å². The molecule has 2 saturated carbocycles. The lowest BCUT2D eigenvalue weighted by Crippen LogP contribution is -2.40. The van der Waals surface area contributed by atoms with Crippen molar-refractivity contribution in [3.63, 3.8) is 0 Å². The minimum atomic E-state index is 0.140. The van der Waals surface area contributed by atoms with Gasteiger partial charge in [-0.2, -0.15) is 5.26 Å². The van der Waals surface area contributed by atoms with Crippen LogP contribution in [0.1, 0.15) is 56.9 Å². The lowest BCUT2D eigenvalue weighted by molar-refractivity contribution is -0.119. The highest BCUT2D eigenvalue weighted by molar-refractivity contribution is 8.00. The van der Waals surface area contributed by atoms with Crippen LogP contribution in [0.5, 0.6) is 5.88 Å². The van der Waals surface area contributed by atoms with Crippen molar-refractivity contribution in [1.29, 1.82) is 5.26 Å². The highest BCUT2D eigenvalue weighted by Crippen LogP contribution is 2.29. The fourth-order valence-electron chi connectivity index (χ4n) is 3.53. The molecule has 0 unspecified atom stereocenters. The first-order valence-corrected chi connectivity index (χ1v) is 10.2. The van der Waals surface area contributed by atoms with Crippen molar-refractivity contribution in [2.45, 2.75) is 68.8 Å². The highest BCUT2D eigenvalue weighted by atomic mass is 32.2. The van der Waals surface area contributed by atoms with Gasteiger partial charge in [-0.3, -0.25) is 4.79 Å². The maximum absolute atomic E-state index is 12.1. The molecule has 2 fully saturated rings. The van der Waals surface area contributed by atoms with E-state index in [0.29, 0.717) is 22.4 Å². The Kier molecular flexibility index (Phi) is 6.57. The quantitative estimate of drug-likeness (QED) is 0.842. The van der Waals surface area contributed by atoms with Crippen LogP contribution in [0.15, 0.2) is 18.3 Å². The number of hydrogen-bond acceptors (Lipinski definition) is 5. The lowest BCUT2D eigenvalue weighted by atomic mass is 9.93. The topological polar surface area (TPSA) is 75.0 Å². The van der Waals surface area contributed by atoms with Gasteiger partial charge in [0.25, 0.3) is 0 Å². The zero-order valence-electron chi connectivity index (χ0n) is 14.4. The minimum Gasteiger partial charge on any atom is -0.474 e. The van der Waals surface area contributed by atoms with Crippen molar-refractivity contribution in [3.05, 3.63) is 23.9 Å². The second-order valence-corrected chi connectivity index (χ2v) is 8.16. The molecule has 6 heteroatoms. The van der Waals surface area contributed by atoms with Gasteiger partial charge >= 0.3 is 0 Å². The molecule has 0 atom stereocenters. The number of nitrogens with one attached hydrogen (secondary N) is 1. The zero-order chi connectivity index (χ0) is 17.5. The van der Waals surface area contributed by atoms with Crippen molar-refractivity contribution in [3.8, 4) is 11.9 Å². The summed E-state index contributed by atoms with van der Waals surface area (Å²) in [6, 6.07) is 5.78. The van der Waals surface area contributed by atoms with Crippen LogP contribution < -0.4 is 10.1 Å². The van der Waals surface area contributed by atoms with Crippen LogP contribution in [0, 0.1) is 11.3 Å². The van der Waals surface area contributed by atoms with Gasteiger partial charge in [0.05, 0.1) is 11.3 Å². The average molecular weight is 359 g/mol. The third kappa shape index (κ3) is 5.64. The van der Waals surface area contributed by atoms with E-state index in [9.17, 15) is 4.79 Å². The monoisotopic (exact) mass is 359 g/mol. The fourth-order valence-corrected chi connectivity index (χ4v) is 4.67. The van der Waals surface area contributed by atoms with E-state index < -0.39 is 0 Å². The molecule has 1 aromatic heterocycles. The van der Waals surface area contributed by atoms with E-state index in [-0.39, 0.29) is 18.1 Å². The van der Waals surface area contributed by atoms with Crippen LogP contribution in [0.3, 0.4) is 0 Å². The Bertz CT molecular complexity index is 600. The first-order valence-electron chi connectivity index (χ1n) is 9.16. The Morgan fingerprint density at radius 2 is 2.00 bits per heavy atom. The largest absolute Gasteiger partial charge is 0.474 e. The molecular formula is C19H25N3O2S. The Labute approximate surface area is 153 Å². The van der Waals surface area contributed by atoms with Gasteiger partial charge in [-0.05, 0) is 44.6 Å². The molecule has 5 nitrogen and oxygen atoms in total. The molecule has 1 amide bonds. The number of nitriles is 1. The third-order valence-electron chi connectivity index (χ3n) is 4.94.